The average Bonchev–Trinajstić information content (AvgIpc) is 3.63. The number of aromatic nitrogens is 2. The number of carbonyl (C=O) groups excluding carboxylic acids is 1. The molecule has 2 aromatic carbocycles. The molecule has 2 amide bonds. The lowest BCUT2D eigenvalue weighted by Crippen LogP contribution is -2.51. The lowest BCUT2D eigenvalue weighted by atomic mass is 9.89. The highest BCUT2D eigenvalue weighted by Crippen LogP contribution is 2.38. The maximum atomic E-state index is 15.0. The first kappa shape index (κ1) is 31.4. The number of imidazole rings is 1. The molecule has 13 heteroatoms. The van der Waals surface area contributed by atoms with E-state index in [9.17, 15) is 9.18 Å². The summed E-state index contributed by atoms with van der Waals surface area (Å²) in [6.07, 6.45) is 1.77. The molecule has 4 atom stereocenters. The van der Waals surface area contributed by atoms with Crippen LogP contribution in [-0.2, 0) is 11.3 Å². The number of nitrogens with one attached hydrogen (secondary N) is 2. The Morgan fingerprint density at radius 1 is 1.23 bits per heavy atom. The molecular formula is C31H37F3N8O2. The van der Waals surface area contributed by atoms with Crippen LogP contribution in [0, 0.1) is 23.5 Å². The standard InChI is InChI=1S/C31H37F3N8O2/c1-20(14-37-40-35)38-31(43)42(18-23-15-36-16-27(23)34)29(22-9-11-44-12-10-22)30-39-28(25-13-24(32)7-8-26(25)33)19-41(30)17-21-5-3-2-4-6-21/h2-8,13,19-20,22-23,27,29,36H,9-12,14-18H2,1H3,(H,38,43)/t20-,23-,27-,29+/m0/s1. The van der Waals surface area contributed by atoms with Crippen molar-refractivity contribution in [2.45, 2.75) is 44.6 Å². The van der Waals surface area contributed by atoms with Crippen LogP contribution < -0.4 is 10.6 Å². The summed E-state index contributed by atoms with van der Waals surface area (Å²) in [5, 5.41) is 9.57. The first-order chi connectivity index (χ1) is 21.3. The van der Waals surface area contributed by atoms with E-state index in [1.54, 1.807) is 18.0 Å². The Morgan fingerprint density at radius 3 is 2.70 bits per heavy atom. The Balaban J connectivity index is 1.63. The zero-order chi connectivity index (χ0) is 31.1. The summed E-state index contributed by atoms with van der Waals surface area (Å²) in [4.78, 5) is 23.4. The summed E-state index contributed by atoms with van der Waals surface area (Å²) in [5.41, 5.74) is 9.97. The van der Waals surface area contributed by atoms with Crippen molar-refractivity contribution in [3.05, 3.63) is 88.2 Å². The van der Waals surface area contributed by atoms with E-state index in [1.807, 2.05) is 34.9 Å². The van der Waals surface area contributed by atoms with Crippen molar-refractivity contribution in [2.75, 3.05) is 39.4 Å². The Labute approximate surface area is 254 Å². The molecule has 2 saturated heterocycles. The normalized spacial score (nSPS) is 20.1. The van der Waals surface area contributed by atoms with E-state index in [-0.39, 0.29) is 36.8 Å². The predicted molar refractivity (Wildman–Crippen MR) is 159 cm³/mol. The van der Waals surface area contributed by atoms with Crippen molar-refractivity contribution < 1.29 is 22.7 Å². The second-order valence-electron chi connectivity index (χ2n) is 11.5. The summed E-state index contributed by atoms with van der Waals surface area (Å²) in [7, 11) is 0. The fraction of sp³-hybridized carbons (Fsp3) is 0.484. The second kappa shape index (κ2) is 14.6. The molecule has 0 aliphatic carbocycles. The molecule has 2 aliphatic rings. The molecule has 2 aliphatic heterocycles. The average molecular weight is 611 g/mol. The summed E-state index contributed by atoms with van der Waals surface area (Å²) >= 11 is 0. The van der Waals surface area contributed by atoms with Crippen molar-refractivity contribution in [2.24, 2.45) is 17.0 Å². The quantitative estimate of drug-likeness (QED) is 0.167. The minimum atomic E-state index is -1.15. The van der Waals surface area contributed by atoms with Crippen molar-refractivity contribution in [3.8, 4) is 11.3 Å². The van der Waals surface area contributed by atoms with Crippen LogP contribution in [0.1, 0.15) is 37.2 Å². The molecule has 0 radical (unpaired) electrons. The van der Waals surface area contributed by atoms with E-state index < -0.39 is 41.8 Å². The first-order valence-corrected chi connectivity index (χ1v) is 14.9. The summed E-state index contributed by atoms with van der Waals surface area (Å²) in [5.74, 6) is -1.31. The van der Waals surface area contributed by atoms with E-state index in [2.05, 4.69) is 20.7 Å². The number of hydrogen-bond donors (Lipinski definition) is 2. The number of carbonyl (C=O) groups is 1. The third kappa shape index (κ3) is 7.53. The summed E-state index contributed by atoms with van der Waals surface area (Å²) < 4.78 is 51.9. The van der Waals surface area contributed by atoms with Gasteiger partial charge in [0.25, 0.3) is 0 Å². The predicted octanol–water partition coefficient (Wildman–Crippen LogP) is 5.61. The van der Waals surface area contributed by atoms with Crippen LogP contribution in [0.15, 0.2) is 59.8 Å². The third-order valence-electron chi connectivity index (χ3n) is 8.26. The van der Waals surface area contributed by atoms with E-state index in [0.717, 1.165) is 23.8 Å². The van der Waals surface area contributed by atoms with Gasteiger partial charge in [0.15, 0.2) is 0 Å². The molecule has 0 bridgehead atoms. The number of azide groups is 1. The van der Waals surface area contributed by atoms with Crippen LogP contribution in [-0.4, -0.2) is 72.1 Å². The molecule has 0 spiro atoms. The molecule has 44 heavy (non-hydrogen) atoms. The van der Waals surface area contributed by atoms with E-state index in [0.29, 0.717) is 45.0 Å². The van der Waals surface area contributed by atoms with Crippen LogP contribution >= 0.6 is 0 Å². The minimum absolute atomic E-state index is 0.00610. The lowest BCUT2D eigenvalue weighted by Gasteiger charge is -2.40. The Hall–Kier alpha value is -4.06. The monoisotopic (exact) mass is 610 g/mol. The molecule has 2 N–H and O–H groups in total. The second-order valence-corrected chi connectivity index (χ2v) is 11.5. The third-order valence-corrected chi connectivity index (χ3v) is 8.26. The van der Waals surface area contributed by atoms with Gasteiger partial charge in [-0.15, -0.1) is 0 Å². The number of ether oxygens (including phenoxy) is 1. The number of rotatable bonds is 11. The number of benzene rings is 2. The van der Waals surface area contributed by atoms with E-state index >= 15 is 8.78 Å². The molecule has 5 rings (SSSR count). The van der Waals surface area contributed by atoms with Crippen molar-refractivity contribution in [3.63, 3.8) is 0 Å². The number of halogens is 3. The molecule has 234 valence electrons. The fourth-order valence-corrected chi connectivity index (χ4v) is 5.99. The van der Waals surface area contributed by atoms with Crippen molar-refractivity contribution in [1.29, 1.82) is 0 Å². The first-order valence-electron chi connectivity index (χ1n) is 14.9. The van der Waals surface area contributed by atoms with Gasteiger partial charge in [0.2, 0.25) is 0 Å². The molecule has 10 nitrogen and oxygen atoms in total. The maximum Gasteiger partial charge on any atom is 0.318 e. The molecule has 0 unspecified atom stereocenters. The van der Waals surface area contributed by atoms with Crippen molar-refractivity contribution >= 4 is 6.03 Å². The van der Waals surface area contributed by atoms with Crippen molar-refractivity contribution in [1.82, 2.24) is 25.1 Å². The van der Waals surface area contributed by atoms with Gasteiger partial charge in [0.05, 0.1) is 11.7 Å². The van der Waals surface area contributed by atoms with E-state index in [1.165, 1.54) is 0 Å². The molecule has 2 fully saturated rings. The fourth-order valence-electron chi connectivity index (χ4n) is 5.99. The molecule has 3 aromatic rings. The zero-order valence-corrected chi connectivity index (χ0v) is 24.6. The van der Waals surface area contributed by atoms with Crippen LogP contribution in [0.3, 0.4) is 0 Å². The number of nitrogens with zero attached hydrogens (tertiary/aromatic N) is 6. The van der Waals surface area contributed by atoms with Gasteiger partial charge >= 0.3 is 6.03 Å². The number of hydrogen-bond acceptors (Lipinski definition) is 5. The summed E-state index contributed by atoms with van der Waals surface area (Å²) in [6, 6.07) is 11.3. The van der Waals surface area contributed by atoms with Gasteiger partial charge in [-0.2, -0.15) is 0 Å². The molecular weight excluding hydrogens is 573 g/mol. The number of urea groups is 1. The maximum absolute atomic E-state index is 15.0. The zero-order valence-electron chi connectivity index (χ0n) is 24.6. The largest absolute Gasteiger partial charge is 0.381 e. The van der Waals surface area contributed by atoms with Gasteiger partial charge in [0, 0.05) is 74.6 Å². The molecule has 1 aromatic heterocycles. The Morgan fingerprint density at radius 2 is 2.00 bits per heavy atom. The highest BCUT2D eigenvalue weighted by Gasteiger charge is 2.40. The summed E-state index contributed by atoms with van der Waals surface area (Å²) in [6.45, 7) is 3.78. The van der Waals surface area contributed by atoms with Crippen LogP contribution in [0.5, 0.6) is 0 Å². The topological polar surface area (TPSA) is 120 Å². The van der Waals surface area contributed by atoms with Gasteiger partial charge in [-0.3, -0.25) is 0 Å². The minimum Gasteiger partial charge on any atom is -0.381 e. The number of alkyl halides is 1. The smallest absolute Gasteiger partial charge is 0.318 e. The van der Waals surface area contributed by atoms with Gasteiger partial charge in [-0.05, 0) is 55.0 Å². The lowest BCUT2D eigenvalue weighted by molar-refractivity contribution is 0.0256. The highest BCUT2D eigenvalue weighted by molar-refractivity contribution is 5.75. The SMILES string of the molecule is C[C@@H](CN=[N+]=[N-])NC(=O)N(C[C@@H]1CNC[C@@H]1F)[C@@H](c1nc(-c2cc(F)ccc2F)cn1Cc1ccccc1)C1CCOCC1. The van der Waals surface area contributed by atoms with Crippen LogP contribution in [0.2, 0.25) is 0 Å². The van der Waals surface area contributed by atoms with Crippen LogP contribution in [0.25, 0.3) is 21.7 Å². The Kier molecular flexibility index (Phi) is 10.4. The molecule has 3 heterocycles. The van der Waals surface area contributed by atoms with Crippen LogP contribution in [0.4, 0.5) is 18.0 Å². The Bertz CT molecular complexity index is 1460. The number of amides is 2. The van der Waals surface area contributed by atoms with Gasteiger partial charge in [0.1, 0.15) is 23.6 Å². The highest BCUT2D eigenvalue weighted by atomic mass is 19.1. The molecule has 0 saturated carbocycles. The van der Waals surface area contributed by atoms with Gasteiger partial charge in [-0.1, -0.05) is 35.4 Å². The van der Waals surface area contributed by atoms with E-state index in [4.69, 9.17) is 15.3 Å². The van der Waals surface area contributed by atoms with Gasteiger partial charge < -0.3 is 24.8 Å². The van der Waals surface area contributed by atoms with Gasteiger partial charge in [-0.25, -0.2) is 22.9 Å².